The zero-order valence-electron chi connectivity index (χ0n) is 16.3. The minimum atomic E-state index is -0.389. The highest BCUT2D eigenvalue weighted by atomic mass is 16.2. The molecule has 3 heterocycles. The monoisotopic (exact) mass is 372 g/mol. The zero-order chi connectivity index (χ0) is 19.6. The molecule has 1 saturated heterocycles. The summed E-state index contributed by atoms with van der Waals surface area (Å²) in [4.78, 5) is 30.4. The Bertz CT molecular complexity index is 837. The standard InChI is InChI=1S/C19H28N6O2/c1-13-16(14(2)23(3)22-13)6-7-18(27)24-9-4-5-15(11-24)19-21-8-10-25(19)12-17(20)26/h8,10,15H,4-7,9,11-12H2,1-3H3,(H2,20,26). The summed E-state index contributed by atoms with van der Waals surface area (Å²) in [5, 5.41) is 4.42. The topological polar surface area (TPSA) is 99.0 Å². The highest BCUT2D eigenvalue weighted by Crippen LogP contribution is 2.26. The fourth-order valence-corrected chi connectivity index (χ4v) is 3.97. The van der Waals surface area contributed by atoms with E-state index < -0.39 is 0 Å². The maximum atomic E-state index is 12.8. The van der Waals surface area contributed by atoms with Crippen molar-refractivity contribution < 1.29 is 9.59 Å². The predicted octanol–water partition coefficient (Wildman–Crippen LogP) is 1.06. The van der Waals surface area contributed by atoms with Crippen molar-refractivity contribution in [1.82, 2.24) is 24.2 Å². The number of aromatic nitrogens is 4. The van der Waals surface area contributed by atoms with Crippen LogP contribution in [-0.4, -0.2) is 49.1 Å². The third-order valence-electron chi connectivity index (χ3n) is 5.46. The molecule has 0 bridgehead atoms. The van der Waals surface area contributed by atoms with E-state index in [-0.39, 0.29) is 24.3 Å². The van der Waals surface area contributed by atoms with Gasteiger partial charge in [-0.25, -0.2) is 4.98 Å². The van der Waals surface area contributed by atoms with E-state index in [4.69, 9.17) is 5.73 Å². The molecule has 146 valence electrons. The number of carbonyl (C=O) groups excluding carboxylic acids is 2. The summed E-state index contributed by atoms with van der Waals surface area (Å²) >= 11 is 0. The van der Waals surface area contributed by atoms with Crippen molar-refractivity contribution in [2.24, 2.45) is 12.8 Å². The summed E-state index contributed by atoms with van der Waals surface area (Å²) in [5.74, 6) is 0.750. The fourth-order valence-electron chi connectivity index (χ4n) is 3.97. The number of rotatable bonds is 6. The molecule has 0 aromatic carbocycles. The van der Waals surface area contributed by atoms with Crippen LogP contribution < -0.4 is 5.73 Å². The summed E-state index contributed by atoms with van der Waals surface area (Å²) in [6.45, 7) is 5.56. The number of amides is 2. The van der Waals surface area contributed by atoms with Gasteiger partial charge in [-0.1, -0.05) is 0 Å². The molecule has 0 saturated carbocycles. The summed E-state index contributed by atoms with van der Waals surface area (Å²) in [7, 11) is 1.93. The molecular weight excluding hydrogens is 344 g/mol. The molecule has 1 aliphatic heterocycles. The highest BCUT2D eigenvalue weighted by Gasteiger charge is 2.27. The minimum absolute atomic E-state index is 0.124. The number of imidazole rings is 1. The number of primary amides is 1. The van der Waals surface area contributed by atoms with Gasteiger partial charge in [0.15, 0.2) is 0 Å². The van der Waals surface area contributed by atoms with Gasteiger partial charge in [0.1, 0.15) is 12.4 Å². The molecule has 8 nitrogen and oxygen atoms in total. The summed E-state index contributed by atoms with van der Waals surface area (Å²) in [6.07, 6.45) is 6.55. The number of carbonyl (C=O) groups is 2. The molecule has 2 N–H and O–H groups in total. The van der Waals surface area contributed by atoms with Crippen LogP contribution in [0.2, 0.25) is 0 Å². The number of hydrogen-bond acceptors (Lipinski definition) is 4. The molecule has 0 aliphatic carbocycles. The largest absolute Gasteiger partial charge is 0.368 e. The first kappa shape index (κ1) is 19.1. The second kappa shape index (κ2) is 7.94. The third kappa shape index (κ3) is 4.20. The number of hydrogen-bond donors (Lipinski definition) is 1. The van der Waals surface area contributed by atoms with E-state index in [0.29, 0.717) is 19.4 Å². The maximum absolute atomic E-state index is 12.8. The molecule has 27 heavy (non-hydrogen) atoms. The molecule has 2 amide bonds. The Hall–Kier alpha value is -2.64. The van der Waals surface area contributed by atoms with E-state index in [1.54, 1.807) is 17.0 Å². The Morgan fingerprint density at radius 1 is 1.33 bits per heavy atom. The lowest BCUT2D eigenvalue weighted by atomic mass is 9.96. The van der Waals surface area contributed by atoms with Gasteiger partial charge in [0.05, 0.1) is 5.69 Å². The SMILES string of the molecule is Cc1nn(C)c(C)c1CCC(=O)N1CCCC(c2nccn2CC(N)=O)C1. The molecule has 1 fully saturated rings. The van der Waals surface area contributed by atoms with Crippen LogP contribution in [0.25, 0.3) is 0 Å². The molecule has 3 rings (SSSR count). The van der Waals surface area contributed by atoms with Crippen LogP contribution in [0.5, 0.6) is 0 Å². The van der Waals surface area contributed by atoms with Crippen LogP contribution in [0, 0.1) is 13.8 Å². The Balaban J connectivity index is 1.63. The molecule has 2 aromatic heterocycles. The molecule has 1 aliphatic rings. The van der Waals surface area contributed by atoms with Crippen molar-refractivity contribution in [3.63, 3.8) is 0 Å². The second-order valence-corrected chi connectivity index (χ2v) is 7.33. The van der Waals surface area contributed by atoms with Crippen molar-refractivity contribution in [2.75, 3.05) is 13.1 Å². The summed E-state index contributed by atoms with van der Waals surface area (Å²) in [6, 6.07) is 0. The Labute approximate surface area is 159 Å². The van der Waals surface area contributed by atoms with Gasteiger partial charge in [0.25, 0.3) is 0 Å². The van der Waals surface area contributed by atoms with E-state index in [2.05, 4.69) is 10.1 Å². The lowest BCUT2D eigenvalue weighted by molar-refractivity contribution is -0.132. The van der Waals surface area contributed by atoms with E-state index in [1.807, 2.05) is 30.5 Å². The Morgan fingerprint density at radius 2 is 2.11 bits per heavy atom. The van der Waals surface area contributed by atoms with Crippen LogP contribution >= 0.6 is 0 Å². The lowest BCUT2D eigenvalue weighted by Gasteiger charge is -2.32. The van der Waals surface area contributed by atoms with Crippen molar-refractivity contribution >= 4 is 11.8 Å². The van der Waals surface area contributed by atoms with Gasteiger partial charge in [-0.3, -0.25) is 14.3 Å². The Morgan fingerprint density at radius 3 is 2.78 bits per heavy atom. The normalized spacial score (nSPS) is 17.3. The molecule has 1 unspecified atom stereocenters. The average molecular weight is 372 g/mol. The fraction of sp³-hybridized carbons (Fsp3) is 0.579. The Kier molecular flexibility index (Phi) is 5.62. The number of nitrogens with zero attached hydrogens (tertiary/aromatic N) is 5. The van der Waals surface area contributed by atoms with E-state index >= 15 is 0 Å². The number of piperidine rings is 1. The van der Waals surface area contributed by atoms with E-state index in [9.17, 15) is 9.59 Å². The summed E-state index contributed by atoms with van der Waals surface area (Å²) in [5.41, 5.74) is 8.59. The number of aryl methyl sites for hydroxylation is 2. The van der Waals surface area contributed by atoms with Gasteiger partial charge in [0, 0.05) is 50.6 Å². The van der Waals surface area contributed by atoms with Gasteiger partial charge in [-0.05, 0) is 38.7 Å². The van der Waals surface area contributed by atoms with Crippen LogP contribution in [0.4, 0.5) is 0 Å². The van der Waals surface area contributed by atoms with E-state index in [0.717, 1.165) is 42.2 Å². The van der Waals surface area contributed by atoms with Crippen LogP contribution in [-0.2, 0) is 29.6 Å². The van der Waals surface area contributed by atoms with Gasteiger partial charge in [0.2, 0.25) is 11.8 Å². The van der Waals surface area contributed by atoms with Gasteiger partial charge in [-0.15, -0.1) is 0 Å². The summed E-state index contributed by atoms with van der Waals surface area (Å²) < 4.78 is 3.66. The van der Waals surface area contributed by atoms with Crippen LogP contribution in [0.15, 0.2) is 12.4 Å². The first-order valence-electron chi connectivity index (χ1n) is 9.43. The number of likely N-dealkylation sites (tertiary alicyclic amines) is 1. The second-order valence-electron chi connectivity index (χ2n) is 7.33. The average Bonchev–Trinajstić information content (AvgIpc) is 3.17. The zero-order valence-corrected chi connectivity index (χ0v) is 16.3. The molecule has 0 radical (unpaired) electrons. The smallest absolute Gasteiger partial charge is 0.237 e. The van der Waals surface area contributed by atoms with Crippen molar-refractivity contribution in [3.05, 3.63) is 35.2 Å². The predicted molar refractivity (Wildman–Crippen MR) is 101 cm³/mol. The van der Waals surface area contributed by atoms with Crippen LogP contribution in [0.3, 0.4) is 0 Å². The maximum Gasteiger partial charge on any atom is 0.237 e. The van der Waals surface area contributed by atoms with Crippen molar-refractivity contribution in [1.29, 1.82) is 0 Å². The van der Waals surface area contributed by atoms with Gasteiger partial charge in [-0.2, -0.15) is 5.10 Å². The first-order valence-corrected chi connectivity index (χ1v) is 9.43. The molecular formula is C19H28N6O2. The lowest BCUT2D eigenvalue weighted by Crippen LogP contribution is -2.40. The molecule has 2 aromatic rings. The van der Waals surface area contributed by atoms with Gasteiger partial charge >= 0.3 is 0 Å². The molecule has 0 spiro atoms. The number of nitrogens with two attached hydrogens (primary N) is 1. The molecule has 8 heteroatoms. The minimum Gasteiger partial charge on any atom is -0.368 e. The molecule has 1 atom stereocenters. The highest BCUT2D eigenvalue weighted by molar-refractivity contribution is 5.76. The first-order chi connectivity index (χ1) is 12.9. The van der Waals surface area contributed by atoms with Crippen molar-refractivity contribution in [2.45, 2.75) is 52.0 Å². The quantitative estimate of drug-likeness (QED) is 0.819. The third-order valence-corrected chi connectivity index (χ3v) is 5.46. The van der Waals surface area contributed by atoms with Gasteiger partial charge < -0.3 is 15.2 Å². The van der Waals surface area contributed by atoms with Crippen LogP contribution in [0.1, 0.15) is 48.0 Å². The van der Waals surface area contributed by atoms with E-state index in [1.165, 1.54) is 0 Å². The van der Waals surface area contributed by atoms with Crippen molar-refractivity contribution in [3.8, 4) is 0 Å².